The second-order valence-corrected chi connectivity index (χ2v) is 1.39. The summed E-state index contributed by atoms with van der Waals surface area (Å²) in [6.07, 6.45) is 13.3. The van der Waals surface area contributed by atoms with E-state index < -0.39 is 0 Å². The van der Waals surface area contributed by atoms with Gasteiger partial charge in [0.2, 0.25) is 0 Å². The molecule has 0 N–H and O–H groups in total. The Morgan fingerprint density at radius 2 is 2.33 bits per heavy atom. The molecule has 0 aliphatic heterocycles. The van der Waals surface area contributed by atoms with Gasteiger partial charge in [0.05, 0.1) is 0 Å². The molecule has 1 aromatic rings. The van der Waals surface area contributed by atoms with E-state index in [1.165, 1.54) is 4.57 Å². The van der Waals surface area contributed by atoms with E-state index in [0.717, 1.165) is 0 Å². The zero-order valence-electron chi connectivity index (χ0n) is 4.70. The van der Waals surface area contributed by atoms with Crippen molar-refractivity contribution >= 4 is 0 Å². The van der Waals surface area contributed by atoms with Crippen molar-refractivity contribution in [3.05, 3.63) is 18.2 Å². The van der Waals surface area contributed by atoms with Gasteiger partial charge >= 0.3 is 0 Å². The fraction of sp³-hybridized carbons (Fsp3) is 0. The molecule has 0 radical (unpaired) electrons. The van der Waals surface area contributed by atoms with Crippen molar-refractivity contribution < 1.29 is 0 Å². The lowest BCUT2D eigenvalue weighted by atomic mass is 10.6. The molecule has 42 valence electrons. The van der Waals surface area contributed by atoms with Gasteiger partial charge in [-0.2, -0.15) is 0 Å². The lowest BCUT2D eigenvalue weighted by Crippen LogP contribution is -1.89. The van der Waals surface area contributed by atoms with Crippen LogP contribution in [-0.2, 0) is 0 Å². The smallest absolute Gasteiger partial charge is 0.196 e. The summed E-state index contributed by atoms with van der Waals surface area (Å²) in [5, 5.41) is 0. The number of nitrogens with zero attached hydrogens (tertiary/aromatic N) is 2. The van der Waals surface area contributed by atoms with Crippen LogP contribution in [0.5, 0.6) is 0 Å². The number of aromatic nitrogens is 2. The third-order valence-corrected chi connectivity index (χ3v) is 0.909. The van der Waals surface area contributed by atoms with Crippen molar-refractivity contribution in [2.45, 2.75) is 0 Å². The summed E-state index contributed by atoms with van der Waals surface area (Å²) in [5.41, 5.74) is 0. The van der Waals surface area contributed by atoms with Gasteiger partial charge in [0.1, 0.15) is 0 Å². The highest BCUT2D eigenvalue weighted by molar-refractivity contribution is 5.21. The third kappa shape index (κ3) is 0.781. The average Bonchev–Trinajstić information content (AvgIpc) is 2.33. The molecule has 0 bridgehead atoms. The van der Waals surface area contributed by atoms with E-state index in [9.17, 15) is 0 Å². The van der Waals surface area contributed by atoms with E-state index >= 15 is 0 Å². The van der Waals surface area contributed by atoms with Crippen molar-refractivity contribution in [1.29, 1.82) is 0 Å². The summed E-state index contributed by atoms with van der Waals surface area (Å²) < 4.78 is 1.44. The van der Waals surface area contributed by atoms with Crippen LogP contribution in [0.4, 0.5) is 0 Å². The molecule has 1 heterocycles. The minimum Gasteiger partial charge on any atom is -0.252 e. The Morgan fingerprint density at radius 1 is 1.56 bits per heavy atom. The van der Waals surface area contributed by atoms with E-state index in [2.05, 4.69) is 16.9 Å². The second kappa shape index (κ2) is 2.07. The lowest BCUT2D eigenvalue weighted by Gasteiger charge is -1.85. The first-order chi connectivity index (χ1) is 4.38. The second-order valence-electron chi connectivity index (χ2n) is 1.39. The Balaban J connectivity index is 3.22. The molecule has 0 fully saturated rings. The maximum atomic E-state index is 5.05. The zero-order valence-corrected chi connectivity index (χ0v) is 4.70. The summed E-state index contributed by atoms with van der Waals surface area (Å²) in [6, 6.07) is 2.34. The summed E-state index contributed by atoms with van der Waals surface area (Å²) in [4.78, 5) is 3.79. The molecule has 1 rings (SSSR count). The van der Waals surface area contributed by atoms with Gasteiger partial charge in [-0.1, -0.05) is 6.42 Å². The van der Waals surface area contributed by atoms with Crippen molar-refractivity contribution in [2.24, 2.45) is 0 Å². The molecule has 2 nitrogen and oxygen atoms in total. The van der Waals surface area contributed by atoms with Gasteiger partial charge in [-0.05, 0) is 5.92 Å². The Hall–Kier alpha value is -1.67. The van der Waals surface area contributed by atoms with Gasteiger partial charge in [0, 0.05) is 18.4 Å². The Kier molecular flexibility index (Phi) is 1.25. The Morgan fingerprint density at radius 3 is 2.78 bits per heavy atom. The molecule has 0 aromatic carbocycles. The SMILES string of the molecule is C#Cc1nccn1C#C. The van der Waals surface area contributed by atoms with Crippen LogP contribution in [0.15, 0.2) is 12.4 Å². The van der Waals surface area contributed by atoms with Gasteiger partial charge in [-0.25, -0.2) is 4.98 Å². The fourth-order valence-corrected chi connectivity index (χ4v) is 0.514. The molecular weight excluding hydrogens is 112 g/mol. The van der Waals surface area contributed by atoms with Crippen LogP contribution in [0.2, 0.25) is 0 Å². The Bertz CT molecular complexity index is 254. The summed E-state index contributed by atoms with van der Waals surface area (Å²) in [7, 11) is 0. The maximum absolute atomic E-state index is 5.05. The standard InChI is InChI=1S/C7H4N2/c1-3-7-8-5-6-9(7)4-2/h1-2,5-6H. The van der Waals surface area contributed by atoms with Crippen LogP contribution in [0, 0.1) is 24.8 Å². The number of hydrogen-bond donors (Lipinski definition) is 0. The van der Waals surface area contributed by atoms with Gasteiger partial charge < -0.3 is 0 Å². The summed E-state index contributed by atoms with van der Waals surface area (Å²) in [5.74, 6) is 2.81. The van der Waals surface area contributed by atoms with E-state index in [1.54, 1.807) is 12.4 Å². The molecule has 0 unspecified atom stereocenters. The first kappa shape index (κ1) is 5.47. The predicted molar refractivity (Wildman–Crippen MR) is 34.4 cm³/mol. The first-order valence-electron chi connectivity index (χ1n) is 2.35. The molecule has 0 aliphatic rings. The van der Waals surface area contributed by atoms with Gasteiger partial charge in [0.25, 0.3) is 0 Å². The summed E-state index contributed by atoms with van der Waals surface area (Å²) >= 11 is 0. The summed E-state index contributed by atoms with van der Waals surface area (Å²) in [6.45, 7) is 0. The monoisotopic (exact) mass is 116 g/mol. The number of hydrogen-bond acceptors (Lipinski definition) is 1. The molecule has 2 heteroatoms. The lowest BCUT2D eigenvalue weighted by molar-refractivity contribution is 1.08. The number of rotatable bonds is 0. The highest BCUT2D eigenvalue weighted by atomic mass is 15.0. The molecule has 1 aromatic heterocycles. The Labute approximate surface area is 53.5 Å². The van der Waals surface area contributed by atoms with Crippen LogP contribution in [0.1, 0.15) is 5.82 Å². The minimum atomic E-state index is 0.470. The highest BCUT2D eigenvalue weighted by Gasteiger charge is 1.91. The van der Waals surface area contributed by atoms with E-state index in [0.29, 0.717) is 5.82 Å². The minimum absolute atomic E-state index is 0.470. The zero-order chi connectivity index (χ0) is 6.69. The molecule has 0 aliphatic carbocycles. The average molecular weight is 116 g/mol. The fourth-order valence-electron chi connectivity index (χ4n) is 0.514. The van der Waals surface area contributed by atoms with Crippen LogP contribution in [0.25, 0.3) is 0 Å². The van der Waals surface area contributed by atoms with Gasteiger partial charge in [-0.15, -0.1) is 6.42 Å². The molecule has 9 heavy (non-hydrogen) atoms. The van der Waals surface area contributed by atoms with Crippen LogP contribution in [0.3, 0.4) is 0 Å². The molecule has 0 atom stereocenters. The molecular formula is C7H4N2. The van der Waals surface area contributed by atoms with Gasteiger partial charge in [-0.3, -0.25) is 4.57 Å². The van der Waals surface area contributed by atoms with Gasteiger partial charge in [0.15, 0.2) is 5.82 Å². The number of terminal acetylenes is 2. The van der Waals surface area contributed by atoms with Crippen molar-refractivity contribution in [3.63, 3.8) is 0 Å². The first-order valence-corrected chi connectivity index (χ1v) is 2.35. The van der Waals surface area contributed by atoms with Crippen LogP contribution >= 0.6 is 0 Å². The maximum Gasteiger partial charge on any atom is 0.196 e. The van der Waals surface area contributed by atoms with Crippen molar-refractivity contribution in [1.82, 2.24) is 9.55 Å². The van der Waals surface area contributed by atoms with E-state index in [-0.39, 0.29) is 0 Å². The quantitative estimate of drug-likeness (QED) is 0.446. The number of imidazole rings is 1. The molecule has 0 amide bonds. The molecule has 0 spiro atoms. The molecule has 0 saturated heterocycles. The van der Waals surface area contributed by atoms with Crippen LogP contribution in [-0.4, -0.2) is 9.55 Å². The normalized spacial score (nSPS) is 7.78. The molecule has 0 saturated carbocycles. The van der Waals surface area contributed by atoms with Crippen molar-refractivity contribution in [2.75, 3.05) is 0 Å². The highest BCUT2D eigenvalue weighted by Crippen LogP contribution is 1.89. The predicted octanol–water partition coefficient (Wildman–Crippen LogP) is 0.303. The largest absolute Gasteiger partial charge is 0.252 e. The topological polar surface area (TPSA) is 17.8 Å². The van der Waals surface area contributed by atoms with Crippen molar-refractivity contribution in [3.8, 4) is 24.8 Å². The third-order valence-electron chi connectivity index (χ3n) is 0.909. The van der Waals surface area contributed by atoms with E-state index in [1.807, 2.05) is 0 Å². The van der Waals surface area contributed by atoms with E-state index in [4.69, 9.17) is 12.8 Å². The van der Waals surface area contributed by atoms with Crippen LogP contribution < -0.4 is 0 Å².